The number of hydrogen-bond acceptors (Lipinski definition) is 3. The monoisotopic (exact) mass is 424 g/mol. The molecule has 0 aliphatic rings. The van der Waals surface area contributed by atoms with Crippen LogP contribution in [0.4, 0.5) is 0 Å². The van der Waals surface area contributed by atoms with E-state index in [1.54, 1.807) is 0 Å². The van der Waals surface area contributed by atoms with Gasteiger partial charge in [-0.25, -0.2) is 9.59 Å². The van der Waals surface area contributed by atoms with Crippen molar-refractivity contribution >= 4 is 17.9 Å². The van der Waals surface area contributed by atoms with Gasteiger partial charge in [0, 0.05) is 18.6 Å². The third kappa shape index (κ3) is 38.4. The number of carboxylic acid groups (broad SMARTS) is 3. The molecule has 7 heteroatoms. The summed E-state index contributed by atoms with van der Waals surface area (Å²) < 4.78 is 0. The van der Waals surface area contributed by atoms with Crippen molar-refractivity contribution in [2.75, 3.05) is 0 Å². The number of carbonyl (C=O) groups is 3. The van der Waals surface area contributed by atoms with Crippen molar-refractivity contribution in [1.82, 2.24) is 0 Å². The van der Waals surface area contributed by atoms with Crippen LogP contribution in [0.5, 0.6) is 0 Å². The zero-order valence-corrected chi connectivity index (χ0v) is 20.5. The molecule has 166 valence electrons. The van der Waals surface area contributed by atoms with E-state index in [4.69, 9.17) is 15.3 Å². The zero-order valence-electron chi connectivity index (χ0n) is 19.5. The maximum Gasteiger partial charge on any atom is 1.00 e. The van der Waals surface area contributed by atoms with E-state index in [0.29, 0.717) is 18.6 Å². The molecule has 0 saturated heterocycles. The Hall–Kier alpha value is -0.850. The van der Waals surface area contributed by atoms with E-state index in [2.05, 4.69) is 6.92 Å². The van der Waals surface area contributed by atoms with Gasteiger partial charge in [-0.1, -0.05) is 96.8 Å². The summed E-state index contributed by atoms with van der Waals surface area (Å²) in [7, 11) is 0. The van der Waals surface area contributed by atoms with Crippen LogP contribution >= 0.6 is 0 Å². The van der Waals surface area contributed by atoms with Gasteiger partial charge in [0.2, 0.25) is 0 Å². The van der Waals surface area contributed by atoms with Crippen LogP contribution < -0.4 is 29.6 Å². The maximum absolute atomic E-state index is 10.3. The molecule has 0 atom stereocenters. The van der Waals surface area contributed by atoms with Crippen molar-refractivity contribution in [3.63, 3.8) is 0 Å². The van der Waals surface area contributed by atoms with Gasteiger partial charge in [0.1, 0.15) is 0 Å². The second-order valence-electron chi connectivity index (χ2n) is 7.10. The molecule has 6 nitrogen and oxygen atoms in total. The molecule has 3 N–H and O–H groups in total. The molecule has 0 rings (SSSR count). The van der Waals surface area contributed by atoms with E-state index in [1.807, 2.05) is 0 Å². The smallest absolute Gasteiger partial charge is 1.00 e. The fourth-order valence-corrected chi connectivity index (χ4v) is 2.79. The minimum Gasteiger partial charge on any atom is -1.00 e. The first-order valence-corrected chi connectivity index (χ1v) is 10.8. The minimum absolute atomic E-state index is 0. The first kappa shape index (κ1) is 32.8. The topological polar surface area (TPSA) is 112 Å². The summed E-state index contributed by atoms with van der Waals surface area (Å²) in [4.78, 5) is 29.4. The Bertz CT molecular complexity index is 414. The van der Waals surface area contributed by atoms with Gasteiger partial charge in [-0.2, -0.15) is 0 Å². The normalized spacial score (nSPS) is 10.1. The van der Waals surface area contributed by atoms with Gasteiger partial charge in [-0.3, -0.25) is 4.79 Å². The van der Waals surface area contributed by atoms with Crippen molar-refractivity contribution < 1.29 is 60.7 Å². The molecule has 0 spiro atoms. The van der Waals surface area contributed by atoms with E-state index in [0.717, 1.165) is 12.8 Å². The first-order chi connectivity index (χ1) is 13.4. The molecule has 0 aliphatic heterocycles. The molecular formula is C22H41NaO6. The number of hydrogen-bond donors (Lipinski definition) is 3. The molecule has 0 aromatic heterocycles. The van der Waals surface area contributed by atoms with Crippen LogP contribution in [0.2, 0.25) is 0 Å². The maximum atomic E-state index is 10.3. The Morgan fingerprint density at radius 1 is 0.586 bits per heavy atom. The predicted octanol–water partition coefficient (Wildman–Crippen LogP) is 3.16. The summed E-state index contributed by atoms with van der Waals surface area (Å²) in [5.74, 6) is -3.17. The molecule has 0 heterocycles. The van der Waals surface area contributed by atoms with E-state index < -0.39 is 17.9 Å². The van der Waals surface area contributed by atoms with E-state index >= 15 is 0 Å². The Morgan fingerprint density at radius 3 is 1.10 bits per heavy atom. The Balaban J connectivity index is -0.000000288. The van der Waals surface area contributed by atoms with Gasteiger partial charge < -0.3 is 16.7 Å². The molecule has 0 amide bonds. The summed E-state index contributed by atoms with van der Waals surface area (Å²) in [6, 6.07) is 0. The number of carboxylic acids is 3. The quantitative estimate of drug-likeness (QED) is 0.177. The average molecular weight is 425 g/mol. The van der Waals surface area contributed by atoms with Gasteiger partial charge in [0.15, 0.2) is 0 Å². The summed E-state index contributed by atoms with van der Waals surface area (Å²) in [5, 5.41) is 24.1. The summed E-state index contributed by atoms with van der Waals surface area (Å²) in [5.41, 5.74) is 0. The fraction of sp³-hybridized carbons (Fsp3) is 0.773. The summed E-state index contributed by atoms with van der Waals surface area (Å²) in [6.45, 7) is 2.27. The molecule has 0 aliphatic carbocycles. The fourth-order valence-electron chi connectivity index (χ4n) is 2.79. The van der Waals surface area contributed by atoms with Gasteiger partial charge in [-0.05, 0) is 6.42 Å². The van der Waals surface area contributed by atoms with Crippen LogP contribution in [-0.2, 0) is 14.4 Å². The van der Waals surface area contributed by atoms with Crippen molar-refractivity contribution in [2.45, 2.75) is 110 Å². The van der Waals surface area contributed by atoms with E-state index in [1.165, 1.54) is 83.5 Å². The zero-order chi connectivity index (χ0) is 21.5. The minimum atomic E-state index is -1.26. The van der Waals surface area contributed by atoms with E-state index in [-0.39, 0.29) is 31.0 Å². The molecule has 29 heavy (non-hydrogen) atoms. The molecule has 0 radical (unpaired) electrons. The molecule has 0 fully saturated rings. The predicted molar refractivity (Wildman–Crippen MR) is 113 cm³/mol. The summed E-state index contributed by atoms with van der Waals surface area (Å²) >= 11 is 0. The Morgan fingerprint density at radius 2 is 0.862 bits per heavy atom. The van der Waals surface area contributed by atoms with Crippen molar-refractivity contribution in [3.05, 3.63) is 12.2 Å². The van der Waals surface area contributed by atoms with Crippen molar-refractivity contribution in [1.29, 1.82) is 0 Å². The van der Waals surface area contributed by atoms with Crippen molar-refractivity contribution in [3.8, 4) is 0 Å². The molecule has 0 bridgehead atoms. The van der Waals surface area contributed by atoms with Gasteiger partial charge in [0.05, 0.1) is 0 Å². The van der Waals surface area contributed by atoms with Crippen LogP contribution in [0.25, 0.3) is 0 Å². The molecule has 0 aromatic carbocycles. The molecule has 0 aromatic rings. The van der Waals surface area contributed by atoms with Gasteiger partial charge in [0.25, 0.3) is 0 Å². The number of unbranched alkanes of at least 4 members (excludes halogenated alkanes) is 14. The van der Waals surface area contributed by atoms with Crippen LogP contribution in [0.3, 0.4) is 0 Å². The number of rotatable bonds is 18. The first-order valence-electron chi connectivity index (χ1n) is 10.8. The third-order valence-electron chi connectivity index (χ3n) is 4.36. The Kier molecular flexibility index (Phi) is 30.7. The molecule has 0 saturated carbocycles. The van der Waals surface area contributed by atoms with Crippen LogP contribution in [-0.4, -0.2) is 33.2 Å². The average Bonchev–Trinajstić information content (AvgIpc) is 2.63. The van der Waals surface area contributed by atoms with Crippen LogP contribution in [0.15, 0.2) is 12.2 Å². The standard InChI is InChI=1S/C18H36O2.C4H4O4.Na.H/c1-2-3-4-5-6-7-8-9-10-11-12-13-14-15-16-17-18(19)20;5-3(6)1-2-4(7)8;;/h2-17H2,1H3,(H,19,20);1-2H,(H,5,6)(H,7,8);;/q;;+1;-1. The largest absolute Gasteiger partial charge is 1.00 e. The van der Waals surface area contributed by atoms with E-state index in [9.17, 15) is 14.4 Å². The Labute approximate surface area is 199 Å². The molecule has 0 unspecified atom stereocenters. The van der Waals surface area contributed by atoms with Crippen LogP contribution in [0.1, 0.15) is 111 Å². The second-order valence-corrected chi connectivity index (χ2v) is 7.10. The summed E-state index contributed by atoms with van der Waals surface area (Å²) in [6.07, 6.45) is 21.3. The van der Waals surface area contributed by atoms with Crippen LogP contribution in [0, 0.1) is 0 Å². The third-order valence-corrected chi connectivity index (χ3v) is 4.36. The van der Waals surface area contributed by atoms with Crippen molar-refractivity contribution in [2.24, 2.45) is 0 Å². The second kappa shape index (κ2) is 27.1. The SMILES string of the molecule is CCCCCCCCCCCCCCCCCC(=O)O.O=C(O)C=CC(=O)O.[H-].[Na+]. The number of aliphatic carboxylic acids is 3. The van der Waals surface area contributed by atoms with Gasteiger partial charge in [-0.15, -0.1) is 0 Å². The van der Waals surface area contributed by atoms with Gasteiger partial charge >= 0.3 is 47.5 Å². The molecular weight excluding hydrogens is 383 g/mol.